The number of carbonyl (C=O) groups excluding carboxylic acids is 1. The summed E-state index contributed by atoms with van der Waals surface area (Å²) in [5.41, 5.74) is 4.98. The van der Waals surface area contributed by atoms with Gasteiger partial charge >= 0.3 is 0 Å². The molecule has 0 aromatic carbocycles. The quantitative estimate of drug-likeness (QED) is 0.869. The van der Waals surface area contributed by atoms with Gasteiger partial charge in [0.05, 0.1) is 10.7 Å². The van der Waals surface area contributed by atoms with Crippen molar-refractivity contribution in [1.29, 1.82) is 0 Å². The number of carbonyl (C=O) groups is 1. The van der Waals surface area contributed by atoms with Crippen molar-refractivity contribution in [1.82, 2.24) is 20.2 Å². The average molecular weight is 379 g/mol. The molecule has 25 heavy (non-hydrogen) atoms. The number of hydrogen-bond donors (Lipinski definition) is 1. The zero-order valence-electron chi connectivity index (χ0n) is 14.3. The van der Waals surface area contributed by atoms with Crippen molar-refractivity contribution >= 4 is 29.7 Å². The van der Waals surface area contributed by atoms with Crippen LogP contribution >= 0.6 is 23.7 Å². The number of aryl methyl sites for hydroxylation is 1. The van der Waals surface area contributed by atoms with E-state index in [1.54, 1.807) is 11.3 Å². The van der Waals surface area contributed by atoms with Gasteiger partial charge in [-0.1, -0.05) is 0 Å². The summed E-state index contributed by atoms with van der Waals surface area (Å²) in [6.45, 7) is 5.48. The number of halogens is 1. The highest BCUT2D eigenvalue weighted by molar-refractivity contribution is 7.09. The van der Waals surface area contributed by atoms with Crippen molar-refractivity contribution in [3.05, 3.63) is 45.2 Å². The normalized spacial score (nSPS) is 16.8. The molecule has 0 atom stereocenters. The van der Waals surface area contributed by atoms with Gasteiger partial charge in [0.25, 0.3) is 0 Å². The number of nitrogens with zero attached hydrogens (tertiary/aromatic N) is 3. The number of fused-ring (bicyclic) bond motifs is 1. The Kier molecular flexibility index (Phi) is 5.71. The molecule has 0 bridgehead atoms. The summed E-state index contributed by atoms with van der Waals surface area (Å²) in [6.07, 6.45) is 6.98. The second-order valence-corrected chi connectivity index (χ2v) is 7.81. The molecule has 5 nitrogen and oxygen atoms in total. The minimum atomic E-state index is 0. The molecule has 1 amide bonds. The Hall–Kier alpha value is -1.50. The summed E-state index contributed by atoms with van der Waals surface area (Å²) in [7, 11) is 0. The summed E-state index contributed by atoms with van der Waals surface area (Å²) < 4.78 is 0. The van der Waals surface area contributed by atoms with Crippen LogP contribution in [-0.4, -0.2) is 27.3 Å². The monoisotopic (exact) mass is 378 g/mol. The molecular weight excluding hydrogens is 356 g/mol. The number of hydrogen-bond acceptors (Lipinski definition) is 5. The lowest BCUT2D eigenvalue weighted by Gasteiger charge is -2.29. The van der Waals surface area contributed by atoms with E-state index in [2.05, 4.69) is 25.6 Å². The van der Waals surface area contributed by atoms with Gasteiger partial charge in [0, 0.05) is 49.9 Å². The SMILES string of the molecule is Cc1nc(CN2CCc3c(CNC(=O)C4CC4)cncc3C2)cs1.Cl. The zero-order chi connectivity index (χ0) is 16.5. The van der Waals surface area contributed by atoms with E-state index in [9.17, 15) is 4.79 Å². The molecule has 0 unspecified atom stereocenters. The van der Waals surface area contributed by atoms with Crippen LogP contribution in [-0.2, 0) is 30.8 Å². The van der Waals surface area contributed by atoms with Crippen LogP contribution in [0.5, 0.6) is 0 Å². The Morgan fingerprint density at radius 1 is 1.40 bits per heavy atom. The standard InChI is InChI=1S/C18H22N4OS.ClH/c1-12-21-16(11-24-12)10-22-5-4-17-14(6-19-7-15(17)9-22)8-20-18(23)13-2-3-13;/h6-7,11,13H,2-5,8-10H2,1H3,(H,20,23);1H. The van der Waals surface area contributed by atoms with Crippen LogP contribution in [0.2, 0.25) is 0 Å². The van der Waals surface area contributed by atoms with Crippen molar-refractivity contribution in [2.45, 2.75) is 45.8 Å². The number of nitrogens with one attached hydrogen (secondary N) is 1. The second-order valence-electron chi connectivity index (χ2n) is 6.75. The highest BCUT2D eigenvalue weighted by Crippen LogP contribution is 2.29. The van der Waals surface area contributed by atoms with Gasteiger partial charge in [0.2, 0.25) is 5.91 Å². The number of pyridine rings is 1. The van der Waals surface area contributed by atoms with Crippen LogP contribution in [0.25, 0.3) is 0 Å². The highest BCUT2D eigenvalue weighted by atomic mass is 35.5. The largest absolute Gasteiger partial charge is 0.352 e. The smallest absolute Gasteiger partial charge is 0.223 e. The fourth-order valence-electron chi connectivity index (χ4n) is 3.30. The Morgan fingerprint density at radius 2 is 2.24 bits per heavy atom. The van der Waals surface area contributed by atoms with Crippen molar-refractivity contribution < 1.29 is 4.79 Å². The molecule has 7 heteroatoms. The molecular formula is C18H23ClN4OS. The van der Waals surface area contributed by atoms with E-state index in [4.69, 9.17) is 0 Å². The third-order valence-corrected chi connectivity index (χ3v) is 5.58. The first kappa shape index (κ1) is 18.3. The van der Waals surface area contributed by atoms with Gasteiger partial charge in [-0.15, -0.1) is 23.7 Å². The number of aromatic nitrogens is 2. The minimum Gasteiger partial charge on any atom is -0.352 e. The molecule has 1 N–H and O–H groups in total. The second kappa shape index (κ2) is 7.81. The van der Waals surface area contributed by atoms with Crippen LogP contribution in [0, 0.1) is 12.8 Å². The predicted octanol–water partition coefficient (Wildman–Crippen LogP) is 2.85. The van der Waals surface area contributed by atoms with Gasteiger partial charge in [0.1, 0.15) is 0 Å². The number of thiazole rings is 1. The zero-order valence-corrected chi connectivity index (χ0v) is 16.0. The van der Waals surface area contributed by atoms with Gasteiger partial charge in [-0.05, 0) is 42.9 Å². The predicted molar refractivity (Wildman–Crippen MR) is 101 cm³/mol. The number of rotatable bonds is 5. The molecule has 4 rings (SSSR count). The molecule has 1 aliphatic heterocycles. The van der Waals surface area contributed by atoms with Crippen molar-refractivity contribution in [2.24, 2.45) is 5.92 Å². The van der Waals surface area contributed by atoms with Gasteiger partial charge in [0.15, 0.2) is 0 Å². The summed E-state index contributed by atoms with van der Waals surface area (Å²) >= 11 is 1.71. The third kappa shape index (κ3) is 4.37. The van der Waals surface area contributed by atoms with Crippen molar-refractivity contribution in [2.75, 3.05) is 6.54 Å². The van der Waals surface area contributed by atoms with E-state index in [1.807, 2.05) is 19.3 Å². The van der Waals surface area contributed by atoms with Crippen LogP contribution in [0.4, 0.5) is 0 Å². The maximum atomic E-state index is 11.9. The summed E-state index contributed by atoms with van der Waals surface area (Å²) in [4.78, 5) is 23.2. The molecule has 2 aromatic heterocycles. The first-order chi connectivity index (χ1) is 11.7. The Bertz CT molecular complexity index is 759. The molecule has 0 saturated heterocycles. The van der Waals surface area contributed by atoms with E-state index in [1.165, 1.54) is 16.7 Å². The van der Waals surface area contributed by atoms with E-state index in [0.29, 0.717) is 6.54 Å². The van der Waals surface area contributed by atoms with Crippen molar-refractivity contribution in [3.63, 3.8) is 0 Å². The van der Waals surface area contributed by atoms with Gasteiger partial charge in [-0.25, -0.2) is 4.98 Å². The fraction of sp³-hybridized carbons (Fsp3) is 0.500. The first-order valence-electron chi connectivity index (χ1n) is 8.55. The van der Waals surface area contributed by atoms with Crippen LogP contribution in [0.15, 0.2) is 17.8 Å². The molecule has 1 aliphatic carbocycles. The molecule has 134 valence electrons. The molecule has 2 aromatic rings. The summed E-state index contributed by atoms with van der Waals surface area (Å²) in [5.74, 6) is 0.457. The topological polar surface area (TPSA) is 58.1 Å². The Balaban J connectivity index is 0.00000182. The van der Waals surface area contributed by atoms with Gasteiger partial charge < -0.3 is 5.32 Å². The average Bonchev–Trinajstić information content (AvgIpc) is 3.36. The van der Waals surface area contributed by atoms with Gasteiger partial charge in [-0.3, -0.25) is 14.7 Å². The molecule has 0 spiro atoms. The third-order valence-electron chi connectivity index (χ3n) is 4.76. The van der Waals surface area contributed by atoms with Crippen LogP contribution < -0.4 is 5.32 Å². The first-order valence-corrected chi connectivity index (χ1v) is 9.42. The molecule has 2 aliphatic rings. The van der Waals surface area contributed by atoms with E-state index >= 15 is 0 Å². The lowest BCUT2D eigenvalue weighted by atomic mass is 9.97. The lowest BCUT2D eigenvalue weighted by Crippen LogP contribution is -2.32. The number of amides is 1. The van der Waals surface area contributed by atoms with Crippen LogP contribution in [0.1, 0.15) is 40.2 Å². The maximum absolute atomic E-state index is 11.9. The van der Waals surface area contributed by atoms with E-state index in [-0.39, 0.29) is 24.2 Å². The lowest BCUT2D eigenvalue weighted by molar-refractivity contribution is -0.122. The molecule has 1 saturated carbocycles. The van der Waals surface area contributed by atoms with Gasteiger partial charge in [-0.2, -0.15) is 0 Å². The fourth-order valence-corrected chi connectivity index (χ4v) is 3.90. The van der Waals surface area contributed by atoms with Crippen molar-refractivity contribution in [3.8, 4) is 0 Å². The van der Waals surface area contributed by atoms with E-state index in [0.717, 1.165) is 49.6 Å². The molecule has 0 radical (unpaired) electrons. The highest BCUT2D eigenvalue weighted by Gasteiger charge is 2.29. The van der Waals surface area contributed by atoms with E-state index < -0.39 is 0 Å². The molecule has 1 fully saturated rings. The summed E-state index contributed by atoms with van der Waals surface area (Å²) in [5, 5.41) is 6.33. The van der Waals surface area contributed by atoms with Crippen LogP contribution in [0.3, 0.4) is 0 Å². The summed E-state index contributed by atoms with van der Waals surface area (Å²) in [6, 6.07) is 0. The Morgan fingerprint density at radius 3 is 2.96 bits per heavy atom. The molecule has 3 heterocycles. The maximum Gasteiger partial charge on any atom is 0.223 e. The Labute approximate surface area is 158 Å². The minimum absolute atomic E-state index is 0.